The van der Waals surface area contributed by atoms with Crippen LogP contribution >= 0.6 is 34.7 Å². The molecule has 3 N–H and O–H groups in total. The third-order valence-electron chi connectivity index (χ3n) is 5.30. The Hall–Kier alpha value is -3.09. The first kappa shape index (κ1) is 28.5. The normalized spacial score (nSPS) is 10.8. The van der Waals surface area contributed by atoms with Crippen LogP contribution in [0.4, 0.5) is 5.00 Å². The van der Waals surface area contributed by atoms with E-state index in [2.05, 4.69) is 15.5 Å². The summed E-state index contributed by atoms with van der Waals surface area (Å²) in [5, 5.41) is 12.6. The van der Waals surface area contributed by atoms with Gasteiger partial charge in [-0.2, -0.15) is 0 Å². The highest BCUT2D eigenvalue weighted by Crippen LogP contribution is 2.34. The van der Waals surface area contributed by atoms with Crippen molar-refractivity contribution in [1.82, 2.24) is 14.8 Å². The monoisotopic (exact) mass is 565 g/mol. The summed E-state index contributed by atoms with van der Waals surface area (Å²) in [7, 11) is 1.83. The van der Waals surface area contributed by atoms with Crippen molar-refractivity contribution in [3.63, 3.8) is 0 Å². The van der Waals surface area contributed by atoms with Gasteiger partial charge in [0.2, 0.25) is 5.91 Å². The molecule has 0 aliphatic rings. The first-order valence-corrected chi connectivity index (χ1v) is 13.6. The molecular formula is C24H28ClN5O5S2. The minimum absolute atomic E-state index is 0.0239. The van der Waals surface area contributed by atoms with Gasteiger partial charge in [0.25, 0.3) is 5.91 Å². The van der Waals surface area contributed by atoms with Gasteiger partial charge in [-0.05, 0) is 56.5 Å². The molecule has 0 atom stereocenters. The van der Waals surface area contributed by atoms with Crippen molar-refractivity contribution >= 4 is 57.5 Å². The quantitative estimate of drug-likeness (QED) is 0.189. The van der Waals surface area contributed by atoms with E-state index in [1.165, 1.54) is 11.8 Å². The number of amides is 2. The minimum atomic E-state index is -0.678. The van der Waals surface area contributed by atoms with E-state index in [1.54, 1.807) is 19.9 Å². The van der Waals surface area contributed by atoms with Crippen LogP contribution in [0.5, 0.6) is 5.75 Å². The fourth-order valence-electron chi connectivity index (χ4n) is 3.45. The third kappa shape index (κ3) is 7.24. The Bertz CT molecular complexity index is 1310. The number of ether oxygens (including phenoxy) is 2. The number of nitrogens with one attached hydrogen (secondary N) is 1. The van der Waals surface area contributed by atoms with E-state index in [9.17, 15) is 14.4 Å². The lowest BCUT2D eigenvalue weighted by molar-refractivity contribution is -0.113. The molecule has 3 aromatic rings. The van der Waals surface area contributed by atoms with Gasteiger partial charge in [-0.15, -0.1) is 21.5 Å². The Labute approximate surface area is 227 Å². The average molecular weight is 566 g/mol. The highest BCUT2D eigenvalue weighted by molar-refractivity contribution is 7.99. The van der Waals surface area contributed by atoms with Crippen molar-refractivity contribution in [2.45, 2.75) is 38.8 Å². The van der Waals surface area contributed by atoms with E-state index in [-0.39, 0.29) is 33.7 Å². The number of thiophene rings is 1. The molecule has 0 aliphatic heterocycles. The summed E-state index contributed by atoms with van der Waals surface area (Å²) < 4.78 is 12.7. The fraction of sp³-hybridized carbons (Fsp3) is 0.375. The fourth-order valence-corrected chi connectivity index (χ4v) is 5.47. The first-order valence-electron chi connectivity index (χ1n) is 11.4. The number of nitrogens with two attached hydrogens (primary N) is 1. The molecule has 2 amide bonds. The maximum Gasteiger partial charge on any atom is 0.341 e. The summed E-state index contributed by atoms with van der Waals surface area (Å²) in [6, 6.07) is 5.49. The topological polar surface area (TPSA) is 138 Å². The molecule has 13 heteroatoms. The van der Waals surface area contributed by atoms with Gasteiger partial charge in [-0.1, -0.05) is 23.4 Å². The molecule has 2 heterocycles. The lowest BCUT2D eigenvalue weighted by Crippen LogP contribution is -2.17. The van der Waals surface area contributed by atoms with Crippen LogP contribution in [0.2, 0.25) is 5.02 Å². The largest absolute Gasteiger partial charge is 0.493 e. The Morgan fingerprint density at radius 1 is 1.24 bits per heavy atom. The predicted molar refractivity (Wildman–Crippen MR) is 144 cm³/mol. The lowest BCUT2D eigenvalue weighted by atomic mass is 10.1. The van der Waals surface area contributed by atoms with E-state index in [0.717, 1.165) is 34.9 Å². The maximum atomic E-state index is 12.6. The van der Waals surface area contributed by atoms with Crippen molar-refractivity contribution in [2.75, 3.05) is 24.3 Å². The number of hydrogen-bond donors (Lipinski definition) is 2. The summed E-state index contributed by atoms with van der Waals surface area (Å²) in [6.45, 7) is 5.88. The lowest BCUT2D eigenvalue weighted by Gasteiger charge is -2.09. The van der Waals surface area contributed by atoms with Crippen LogP contribution in [-0.4, -0.2) is 51.5 Å². The van der Waals surface area contributed by atoms with Gasteiger partial charge in [-0.25, -0.2) is 4.79 Å². The summed E-state index contributed by atoms with van der Waals surface area (Å²) in [4.78, 5) is 37.0. The number of nitrogens with zero attached hydrogens (tertiary/aromatic N) is 3. The van der Waals surface area contributed by atoms with Crippen LogP contribution < -0.4 is 15.8 Å². The van der Waals surface area contributed by atoms with E-state index in [4.69, 9.17) is 26.8 Å². The molecule has 37 heavy (non-hydrogen) atoms. The summed E-state index contributed by atoms with van der Waals surface area (Å²) in [6.07, 6.45) is 1.38. The molecule has 0 aliphatic carbocycles. The number of aryl methyl sites for hydroxylation is 2. The third-order valence-corrected chi connectivity index (χ3v) is 7.78. The molecule has 0 saturated carbocycles. The van der Waals surface area contributed by atoms with Crippen molar-refractivity contribution in [3.8, 4) is 5.75 Å². The molecular weight excluding hydrogens is 538 g/mol. The Morgan fingerprint density at radius 3 is 2.68 bits per heavy atom. The predicted octanol–water partition coefficient (Wildman–Crippen LogP) is 4.16. The van der Waals surface area contributed by atoms with E-state index >= 15 is 0 Å². The number of thioether (sulfide) groups is 1. The maximum absolute atomic E-state index is 12.6. The van der Waals surface area contributed by atoms with Crippen LogP contribution in [-0.2, 0) is 23.0 Å². The van der Waals surface area contributed by atoms with Gasteiger partial charge in [0.05, 0.1) is 29.4 Å². The zero-order valence-corrected chi connectivity index (χ0v) is 23.3. The molecule has 10 nitrogen and oxygen atoms in total. The van der Waals surface area contributed by atoms with E-state index in [1.807, 2.05) is 30.7 Å². The Kier molecular flexibility index (Phi) is 9.95. The van der Waals surface area contributed by atoms with Crippen LogP contribution in [0.15, 0.2) is 23.4 Å². The van der Waals surface area contributed by atoms with Gasteiger partial charge in [0.1, 0.15) is 16.6 Å². The Balaban J connectivity index is 1.55. The summed E-state index contributed by atoms with van der Waals surface area (Å²) in [5.41, 5.74) is 6.90. The van der Waals surface area contributed by atoms with Crippen molar-refractivity contribution in [3.05, 3.63) is 50.6 Å². The highest BCUT2D eigenvalue weighted by atomic mass is 35.5. The number of carbonyl (C=O) groups excluding carboxylic acids is 3. The zero-order chi connectivity index (χ0) is 27.1. The second-order valence-electron chi connectivity index (χ2n) is 8.00. The standard InChI is InChI=1S/C24H28ClN5O5S2/c1-5-34-23(33)19-14(3)20(21(26)32)37-22(19)27-18(31)12-36-24-29-28-17(30(24)4)7-6-10-35-16-9-8-15(25)11-13(16)2/h8-9,11H,5-7,10,12H2,1-4H3,(H2,26,32)(H,27,31). The molecule has 0 unspecified atom stereocenters. The summed E-state index contributed by atoms with van der Waals surface area (Å²) in [5.74, 6) is -0.0912. The summed E-state index contributed by atoms with van der Waals surface area (Å²) >= 11 is 8.13. The van der Waals surface area contributed by atoms with E-state index in [0.29, 0.717) is 28.8 Å². The second-order valence-corrected chi connectivity index (χ2v) is 10.4. The Morgan fingerprint density at radius 2 is 2.00 bits per heavy atom. The van der Waals surface area contributed by atoms with Crippen LogP contribution in [0.3, 0.4) is 0 Å². The smallest absolute Gasteiger partial charge is 0.341 e. The number of carbonyl (C=O) groups is 3. The highest BCUT2D eigenvalue weighted by Gasteiger charge is 2.26. The molecule has 2 aromatic heterocycles. The molecule has 1 aromatic carbocycles. The SMILES string of the molecule is CCOC(=O)c1c(NC(=O)CSc2nnc(CCCOc3ccc(Cl)cc3C)n2C)sc(C(N)=O)c1C. The van der Waals surface area contributed by atoms with Crippen molar-refractivity contribution in [1.29, 1.82) is 0 Å². The number of rotatable bonds is 12. The molecule has 3 rings (SSSR count). The number of primary amides is 1. The van der Waals surface area contributed by atoms with Crippen LogP contribution in [0.1, 0.15) is 50.3 Å². The van der Waals surface area contributed by atoms with E-state index < -0.39 is 11.9 Å². The molecule has 198 valence electrons. The van der Waals surface area contributed by atoms with Crippen molar-refractivity contribution < 1.29 is 23.9 Å². The number of esters is 1. The van der Waals surface area contributed by atoms with Gasteiger partial charge in [-0.3, -0.25) is 9.59 Å². The second kappa shape index (κ2) is 12.9. The van der Waals surface area contributed by atoms with Crippen molar-refractivity contribution in [2.24, 2.45) is 12.8 Å². The number of anilines is 1. The number of halogens is 1. The van der Waals surface area contributed by atoms with Gasteiger partial charge in [0.15, 0.2) is 5.16 Å². The van der Waals surface area contributed by atoms with Gasteiger partial charge in [0, 0.05) is 18.5 Å². The van der Waals surface area contributed by atoms with Crippen LogP contribution in [0, 0.1) is 13.8 Å². The molecule has 0 spiro atoms. The molecule has 0 radical (unpaired) electrons. The van der Waals surface area contributed by atoms with Gasteiger partial charge < -0.3 is 25.1 Å². The van der Waals surface area contributed by atoms with Crippen LogP contribution in [0.25, 0.3) is 0 Å². The number of benzene rings is 1. The molecule has 0 saturated heterocycles. The number of aromatic nitrogens is 3. The minimum Gasteiger partial charge on any atom is -0.493 e. The average Bonchev–Trinajstić information content (AvgIpc) is 3.35. The zero-order valence-electron chi connectivity index (χ0n) is 20.9. The first-order chi connectivity index (χ1) is 17.6. The molecule has 0 bridgehead atoms. The molecule has 0 fully saturated rings. The number of hydrogen-bond acceptors (Lipinski definition) is 9. The van der Waals surface area contributed by atoms with Gasteiger partial charge >= 0.3 is 5.97 Å².